The van der Waals surface area contributed by atoms with E-state index < -0.39 is 17.3 Å². The number of hydrogen-bond donors (Lipinski definition) is 3. The first-order chi connectivity index (χ1) is 10.9. The zero-order valence-corrected chi connectivity index (χ0v) is 18.5. The molecule has 2 aromatic heterocycles. The molecule has 0 spiro atoms. The van der Waals surface area contributed by atoms with Crippen LogP contribution in [0.2, 0.25) is 0 Å². The van der Waals surface area contributed by atoms with Gasteiger partial charge in [0.15, 0.2) is 5.78 Å². The van der Waals surface area contributed by atoms with Gasteiger partial charge in [-0.3, -0.25) is 4.79 Å². The SMILES string of the molecule is CC(=O)C(C)(O)c1csc(Br)c1.CC(O)C(C)(O)c1csc(Br)c1. The van der Waals surface area contributed by atoms with Gasteiger partial charge in [0.05, 0.1) is 13.7 Å². The van der Waals surface area contributed by atoms with Crippen molar-refractivity contribution in [1.29, 1.82) is 0 Å². The van der Waals surface area contributed by atoms with Gasteiger partial charge in [0.1, 0.15) is 11.2 Å². The summed E-state index contributed by atoms with van der Waals surface area (Å²) in [5.74, 6) is -0.243. The van der Waals surface area contributed by atoms with E-state index in [0.29, 0.717) is 5.56 Å². The third-order valence-electron chi connectivity index (χ3n) is 3.78. The summed E-state index contributed by atoms with van der Waals surface area (Å²) in [4.78, 5) is 11.0. The van der Waals surface area contributed by atoms with Crippen LogP contribution in [0, 0.1) is 0 Å². The minimum absolute atomic E-state index is 0.243. The van der Waals surface area contributed by atoms with E-state index >= 15 is 0 Å². The van der Waals surface area contributed by atoms with Gasteiger partial charge in [0.25, 0.3) is 0 Å². The number of hydrogen-bond acceptors (Lipinski definition) is 6. The van der Waals surface area contributed by atoms with Crippen molar-refractivity contribution >= 4 is 60.3 Å². The van der Waals surface area contributed by atoms with Crippen molar-refractivity contribution in [2.75, 3.05) is 0 Å². The lowest BCUT2D eigenvalue weighted by Gasteiger charge is -2.25. The fourth-order valence-corrected chi connectivity index (χ4v) is 4.11. The second-order valence-corrected chi connectivity index (χ2v) is 10.3. The second kappa shape index (κ2) is 8.53. The molecule has 0 radical (unpaired) electrons. The fourth-order valence-electron chi connectivity index (χ4n) is 1.59. The quantitative estimate of drug-likeness (QED) is 0.582. The average molecular weight is 500 g/mol. The maximum Gasteiger partial charge on any atom is 0.165 e. The van der Waals surface area contributed by atoms with Crippen molar-refractivity contribution in [3.8, 4) is 0 Å². The van der Waals surface area contributed by atoms with E-state index in [9.17, 15) is 20.1 Å². The highest BCUT2D eigenvalue weighted by Gasteiger charge is 2.30. The number of aliphatic hydroxyl groups excluding tert-OH is 1. The van der Waals surface area contributed by atoms with Crippen molar-refractivity contribution in [3.63, 3.8) is 0 Å². The van der Waals surface area contributed by atoms with E-state index in [1.165, 1.54) is 36.5 Å². The molecule has 134 valence electrons. The van der Waals surface area contributed by atoms with E-state index in [1.54, 1.807) is 25.3 Å². The first-order valence-electron chi connectivity index (χ1n) is 7.02. The summed E-state index contributed by atoms with van der Waals surface area (Å²) >= 11 is 9.52. The molecular formula is C16H20Br2O4S2. The van der Waals surface area contributed by atoms with E-state index in [0.717, 1.165) is 13.1 Å². The molecule has 0 amide bonds. The minimum Gasteiger partial charge on any atom is -0.390 e. The van der Waals surface area contributed by atoms with Crippen LogP contribution < -0.4 is 0 Å². The maximum absolute atomic E-state index is 11.0. The molecule has 2 rings (SSSR count). The Labute approximate surface area is 166 Å². The summed E-state index contributed by atoms with van der Waals surface area (Å²) in [5.41, 5.74) is -1.10. The molecule has 0 bridgehead atoms. The highest BCUT2D eigenvalue weighted by molar-refractivity contribution is 9.11. The zero-order chi connectivity index (χ0) is 18.7. The lowest BCUT2D eigenvalue weighted by molar-refractivity contribution is -0.134. The number of thiophene rings is 2. The van der Waals surface area contributed by atoms with Crippen molar-refractivity contribution in [2.45, 2.75) is 45.0 Å². The molecule has 3 unspecified atom stereocenters. The van der Waals surface area contributed by atoms with E-state index in [-0.39, 0.29) is 5.78 Å². The Hall–Kier alpha value is -0.0900. The first-order valence-corrected chi connectivity index (χ1v) is 10.4. The van der Waals surface area contributed by atoms with Gasteiger partial charge in [-0.15, -0.1) is 22.7 Å². The third-order valence-corrected chi connectivity index (χ3v) is 6.79. The topological polar surface area (TPSA) is 77.8 Å². The van der Waals surface area contributed by atoms with Crippen molar-refractivity contribution in [1.82, 2.24) is 0 Å². The van der Waals surface area contributed by atoms with Crippen LogP contribution in [0.3, 0.4) is 0 Å². The smallest absolute Gasteiger partial charge is 0.165 e. The number of aliphatic hydroxyl groups is 3. The maximum atomic E-state index is 11.0. The second-order valence-electron chi connectivity index (χ2n) is 5.73. The van der Waals surface area contributed by atoms with Crippen LogP contribution in [0.25, 0.3) is 0 Å². The van der Waals surface area contributed by atoms with Gasteiger partial charge in [-0.05, 0) is 88.0 Å². The molecule has 2 heterocycles. The number of carbonyl (C=O) groups is 1. The van der Waals surface area contributed by atoms with E-state index in [2.05, 4.69) is 31.9 Å². The predicted octanol–water partition coefficient (Wildman–Crippen LogP) is 4.41. The summed E-state index contributed by atoms with van der Waals surface area (Å²) in [6, 6.07) is 3.57. The normalized spacial score (nSPS) is 17.2. The molecule has 0 aliphatic heterocycles. The monoisotopic (exact) mass is 498 g/mol. The summed E-state index contributed by atoms with van der Waals surface area (Å²) in [6.45, 7) is 6.06. The molecule has 4 nitrogen and oxygen atoms in total. The first kappa shape index (κ1) is 22.0. The van der Waals surface area contributed by atoms with Crippen molar-refractivity contribution in [2.24, 2.45) is 0 Å². The minimum atomic E-state index is -1.34. The van der Waals surface area contributed by atoms with Gasteiger partial charge < -0.3 is 15.3 Å². The summed E-state index contributed by atoms with van der Waals surface area (Å²) in [6.07, 6.45) is -0.765. The van der Waals surface area contributed by atoms with Gasteiger partial charge in [0.2, 0.25) is 0 Å². The fraction of sp³-hybridized carbons (Fsp3) is 0.438. The lowest BCUT2D eigenvalue weighted by Crippen LogP contribution is -2.33. The van der Waals surface area contributed by atoms with Crippen LogP contribution in [0.4, 0.5) is 0 Å². The van der Waals surface area contributed by atoms with Crippen molar-refractivity contribution in [3.05, 3.63) is 41.6 Å². The van der Waals surface area contributed by atoms with E-state index in [4.69, 9.17) is 0 Å². The molecule has 24 heavy (non-hydrogen) atoms. The molecule has 0 aliphatic carbocycles. The number of halogens is 2. The van der Waals surface area contributed by atoms with Crippen LogP contribution >= 0.6 is 54.5 Å². The summed E-state index contributed by atoms with van der Waals surface area (Å²) in [7, 11) is 0. The number of ketones is 1. The van der Waals surface area contributed by atoms with Crippen LogP contribution in [-0.2, 0) is 16.0 Å². The summed E-state index contributed by atoms with van der Waals surface area (Å²) < 4.78 is 1.87. The Morgan fingerprint density at radius 2 is 1.50 bits per heavy atom. The predicted molar refractivity (Wildman–Crippen MR) is 106 cm³/mol. The molecule has 3 N–H and O–H groups in total. The van der Waals surface area contributed by atoms with Gasteiger partial charge in [-0.1, -0.05) is 0 Å². The standard InChI is InChI=1S/C8H11BrO2S.C8H9BrO2S/c2*1-5(10)8(2,11)6-3-7(9)12-4-6/h3-5,10-11H,1-2H3;3-4,11H,1-2H3. The average Bonchev–Trinajstić information content (AvgIpc) is 3.08. The van der Waals surface area contributed by atoms with Crippen LogP contribution in [-0.4, -0.2) is 27.2 Å². The van der Waals surface area contributed by atoms with Gasteiger partial charge in [-0.2, -0.15) is 0 Å². The van der Waals surface area contributed by atoms with Crippen LogP contribution in [0.1, 0.15) is 38.8 Å². The van der Waals surface area contributed by atoms with E-state index in [1.807, 2.05) is 11.4 Å². The Bertz CT molecular complexity index is 690. The molecule has 3 atom stereocenters. The Kier molecular flexibility index (Phi) is 7.80. The zero-order valence-electron chi connectivity index (χ0n) is 13.7. The largest absolute Gasteiger partial charge is 0.390 e. The number of Topliss-reactive ketones (excluding diaryl/α,β-unsaturated/α-hetero) is 1. The van der Waals surface area contributed by atoms with Gasteiger partial charge in [-0.25, -0.2) is 0 Å². The molecule has 0 saturated heterocycles. The highest BCUT2D eigenvalue weighted by atomic mass is 79.9. The van der Waals surface area contributed by atoms with Crippen molar-refractivity contribution < 1.29 is 20.1 Å². The Balaban J connectivity index is 0.000000240. The molecule has 0 aliphatic rings. The van der Waals surface area contributed by atoms with Crippen LogP contribution in [0.15, 0.2) is 30.5 Å². The molecule has 2 aromatic rings. The number of carbonyl (C=O) groups excluding carboxylic acids is 1. The lowest BCUT2D eigenvalue weighted by atomic mass is 9.94. The van der Waals surface area contributed by atoms with Gasteiger partial charge >= 0.3 is 0 Å². The molecule has 8 heteroatoms. The van der Waals surface area contributed by atoms with Gasteiger partial charge in [0, 0.05) is 5.56 Å². The Morgan fingerprint density at radius 1 is 1.08 bits per heavy atom. The molecule has 0 fully saturated rings. The summed E-state index contributed by atoms with van der Waals surface area (Å²) in [5, 5.41) is 32.4. The molecule has 0 saturated carbocycles. The molecule has 0 aromatic carbocycles. The third kappa shape index (κ3) is 5.45. The Morgan fingerprint density at radius 3 is 1.79 bits per heavy atom. The highest BCUT2D eigenvalue weighted by Crippen LogP contribution is 2.31. The number of rotatable bonds is 4. The van der Waals surface area contributed by atoms with Crippen LogP contribution in [0.5, 0.6) is 0 Å². The molecular weight excluding hydrogens is 480 g/mol.